The number of hydrogen-bond donors (Lipinski definition) is 2. The van der Waals surface area contributed by atoms with Gasteiger partial charge in [0.25, 0.3) is 0 Å². The van der Waals surface area contributed by atoms with Crippen LogP contribution in [0, 0.1) is 17.2 Å². The van der Waals surface area contributed by atoms with E-state index in [4.69, 9.17) is 11.0 Å². The van der Waals surface area contributed by atoms with E-state index in [2.05, 4.69) is 21.2 Å². The Morgan fingerprint density at radius 2 is 2.28 bits per heavy atom. The molecule has 0 aromatic heterocycles. The summed E-state index contributed by atoms with van der Waals surface area (Å²) in [6.45, 7) is 3.94. The van der Waals surface area contributed by atoms with Crippen molar-refractivity contribution in [2.45, 2.75) is 26.3 Å². The van der Waals surface area contributed by atoms with Crippen LogP contribution in [0.3, 0.4) is 0 Å². The van der Waals surface area contributed by atoms with Crippen LogP contribution in [0.1, 0.15) is 25.8 Å². The Balaban J connectivity index is 2.80. The van der Waals surface area contributed by atoms with Crippen molar-refractivity contribution in [1.29, 1.82) is 5.26 Å². The number of amides is 1. The van der Waals surface area contributed by atoms with E-state index in [0.717, 1.165) is 6.42 Å². The fraction of sp³-hybridized carbons (Fsp3) is 0.385. The highest BCUT2D eigenvalue weighted by Crippen LogP contribution is 2.23. The van der Waals surface area contributed by atoms with Crippen LogP contribution in [0.2, 0.25) is 0 Å². The first-order chi connectivity index (χ1) is 8.49. The highest BCUT2D eigenvalue weighted by molar-refractivity contribution is 9.10. The van der Waals surface area contributed by atoms with E-state index in [0.29, 0.717) is 15.7 Å². The summed E-state index contributed by atoms with van der Waals surface area (Å²) in [5, 5.41) is 11.5. The Morgan fingerprint density at radius 1 is 1.61 bits per heavy atom. The Hall–Kier alpha value is -1.38. The maximum atomic E-state index is 11.9. The van der Waals surface area contributed by atoms with Crippen LogP contribution in [0.15, 0.2) is 22.7 Å². The third-order valence-corrected chi connectivity index (χ3v) is 3.57. The van der Waals surface area contributed by atoms with E-state index in [-0.39, 0.29) is 11.8 Å². The minimum atomic E-state index is -0.530. The molecular formula is C13H16BrN3O. The van der Waals surface area contributed by atoms with Crippen molar-refractivity contribution in [2.24, 2.45) is 11.7 Å². The molecule has 96 valence electrons. The van der Waals surface area contributed by atoms with Crippen LogP contribution in [0.25, 0.3) is 0 Å². The van der Waals surface area contributed by atoms with Crippen LogP contribution in [-0.2, 0) is 4.79 Å². The van der Waals surface area contributed by atoms with E-state index in [1.807, 2.05) is 19.9 Å². The predicted molar refractivity (Wildman–Crippen MR) is 74.9 cm³/mol. The lowest BCUT2D eigenvalue weighted by Crippen LogP contribution is -2.40. The third-order valence-electron chi connectivity index (χ3n) is 2.92. The predicted octanol–water partition coefficient (Wildman–Crippen LogP) is 2.63. The zero-order valence-electron chi connectivity index (χ0n) is 10.4. The van der Waals surface area contributed by atoms with Gasteiger partial charge < -0.3 is 11.1 Å². The average Bonchev–Trinajstić information content (AvgIpc) is 2.38. The van der Waals surface area contributed by atoms with Gasteiger partial charge in [0.2, 0.25) is 5.91 Å². The number of carbonyl (C=O) groups excluding carboxylic acids is 1. The van der Waals surface area contributed by atoms with Crippen molar-refractivity contribution in [3.05, 3.63) is 28.2 Å². The van der Waals surface area contributed by atoms with Crippen LogP contribution >= 0.6 is 15.9 Å². The summed E-state index contributed by atoms with van der Waals surface area (Å²) in [5.74, 6) is -0.0862. The van der Waals surface area contributed by atoms with Crippen molar-refractivity contribution in [3.63, 3.8) is 0 Å². The lowest BCUT2D eigenvalue weighted by Gasteiger charge is -2.18. The summed E-state index contributed by atoms with van der Waals surface area (Å²) in [6, 6.07) is 6.49. The summed E-state index contributed by atoms with van der Waals surface area (Å²) in [5.41, 5.74) is 7.00. The van der Waals surface area contributed by atoms with E-state index in [1.165, 1.54) is 0 Å². The molecule has 0 spiro atoms. The molecule has 0 bridgehead atoms. The van der Waals surface area contributed by atoms with Crippen LogP contribution in [-0.4, -0.2) is 11.9 Å². The second-order valence-electron chi connectivity index (χ2n) is 4.21. The maximum Gasteiger partial charge on any atom is 0.241 e. The molecule has 0 aliphatic heterocycles. The molecule has 1 rings (SSSR count). The number of nitriles is 1. The highest BCUT2D eigenvalue weighted by atomic mass is 79.9. The van der Waals surface area contributed by atoms with Gasteiger partial charge in [0, 0.05) is 4.47 Å². The quantitative estimate of drug-likeness (QED) is 0.897. The fourth-order valence-corrected chi connectivity index (χ4v) is 1.89. The monoisotopic (exact) mass is 309 g/mol. The summed E-state index contributed by atoms with van der Waals surface area (Å²) >= 11 is 3.31. The molecule has 0 heterocycles. The summed E-state index contributed by atoms with van der Waals surface area (Å²) in [4.78, 5) is 11.9. The van der Waals surface area contributed by atoms with Gasteiger partial charge in [0.15, 0.2) is 0 Å². The van der Waals surface area contributed by atoms with Gasteiger partial charge in [-0.05, 0) is 40.0 Å². The number of carbonyl (C=O) groups is 1. The molecular weight excluding hydrogens is 294 g/mol. The number of nitrogens with one attached hydrogen (secondary N) is 1. The topological polar surface area (TPSA) is 78.9 Å². The molecule has 5 heteroatoms. The first kappa shape index (κ1) is 14.7. The molecule has 4 nitrogen and oxygen atoms in total. The molecule has 0 radical (unpaired) electrons. The largest absolute Gasteiger partial charge is 0.324 e. The minimum absolute atomic E-state index is 0.127. The van der Waals surface area contributed by atoms with Gasteiger partial charge >= 0.3 is 0 Å². The Kier molecular flexibility index (Phi) is 5.32. The Bertz CT molecular complexity index is 482. The number of hydrogen-bond acceptors (Lipinski definition) is 3. The van der Waals surface area contributed by atoms with Gasteiger partial charge in [0.1, 0.15) is 0 Å². The number of nitrogens with zero attached hydrogens (tertiary/aromatic N) is 1. The van der Waals surface area contributed by atoms with Crippen molar-refractivity contribution in [1.82, 2.24) is 0 Å². The molecule has 2 atom stereocenters. The third kappa shape index (κ3) is 3.56. The molecule has 3 N–H and O–H groups in total. The Morgan fingerprint density at radius 3 is 2.78 bits per heavy atom. The summed E-state index contributed by atoms with van der Waals surface area (Å²) in [7, 11) is 0. The number of benzene rings is 1. The summed E-state index contributed by atoms with van der Waals surface area (Å²) < 4.78 is 0.672. The second-order valence-corrected chi connectivity index (χ2v) is 5.06. The van der Waals surface area contributed by atoms with Crippen molar-refractivity contribution in [3.8, 4) is 6.07 Å². The fourth-order valence-electron chi connectivity index (χ4n) is 1.41. The standard InChI is InChI=1S/C13H16BrN3O/c1-3-8(2)12(16)13(18)17-11-5-4-9(7-15)6-10(11)14/h4-6,8,12H,3,16H2,1-2H3,(H,17,18). The van der Waals surface area contributed by atoms with Crippen LogP contribution < -0.4 is 11.1 Å². The smallest absolute Gasteiger partial charge is 0.241 e. The van der Waals surface area contributed by atoms with Gasteiger partial charge in [-0.2, -0.15) is 5.26 Å². The normalized spacial score (nSPS) is 13.5. The zero-order valence-corrected chi connectivity index (χ0v) is 12.0. The molecule has 1 aromatic rings. The van der Waals surface area contributed by atoms with E-state index >= 15 is 0 Å². The average molecular weight is 310 g/mol. The molecule has 0 aliphatic rings. The molecule has 0 saturated carbocycles. The number of nitrogens with two attached hydrogens (primary N) is 1. The van der Waals surface area contributed by atoms with E-state index in [9.17, 15) is 4.79 Å². The van der Waals surface area contributed by atoms with Gasteiger partial charge in [0.05, 0.1) is 23.4 Å². The van der Waals surface area contributed by atoms with Gasteiger partial charge in [-0.1, -0.05) is 20.3 Å². The minimum Gasteiger partial charge on any atom is -0.324 e. The molecule has 18 heavy (non-hydrogen) atoms. The summed E-state index contributed by atoms with van der Waals surface area (Å²) in [6.07, 6.45) is 0.850. The maximum absolute atomic E-state index is 11.9. The molecule has 0 saturated heterocycles. The second kappa shape index (κ2) is 6.53. The number of halogens is 1. The molecule has 0 aliphatic carbocycles. The lowest BCUT2D eigenvalue weighted by molar-refractivity contribution is -0.118. The lowest BCUT2D eigenvalue weighted by atomic mass is 9.99. The van der Waals surface area contributed by atoms with Crippen LogP contribution in [0.4, 0.5) is 5.69 Å². The first-order valence-electron chi connectivity index (χ1n) is 5.75. The van der Waals surface area contributed by atoms with Crippen molar-refractivity contribution >= 4 is 27.5 Å². The Labute approximate surface area is 115 Å². The SMILES string of the molecule is CCC(C)C(N)C(=O)Nc1ccc(C#N)cc1Br. The van der Waals surface area contributed by atoms with Crippen LogP contribution in [0.5, 0.6) is 0 Å². The van der Waals surface area contributed by atoms with E-state index in [1.54, 1.807) is 18.2 Å². The van der Waals surface area contributed by atoms with Gasteiger partial charge in [-0.15, -0.1) is 0 Å². The van der Waals surface area contributed by atoms with Gasteiger partial charge in [-0.25, -0.2) is 0 Å². The molecule has 2 unspecified atom stereocenters. The molecule has 1 aromatic carbocycles. The zero-order chi connectivity index (χ0) is 13.7. The first-order valence-corrected chi connectivity index (χ1v) is 6.55. The molecule has 0 fully saturated rings. The highest BCUT2D eigenvalue weighted by Gasteiger charge is 2.20. The molecule has 1 amide bonds. The van der Waals surface area contributed by atoms with Crippen molar-refractivity contribution in [2.75, 3.05) is 5.32 Å². The van der Waals surface area contributed by atoms with E-state index < -0.39 is 6.04 Å². The number of anilines is 1. The number of rotatable bonds is 4. The van der Waals surface area contributed by atoms with Crippen molar-refractivity contribution < 1.29 is 4.79 Å². The van der Waals surface area contributed by atoms with Gasteiger partial charge in [-0.3, -0.25) is 4.79 Å².